The van der Waals surface area contributed by atoms with E-state index in [0.29, 0.717) is 19.0 Å². The number of pyridine rings is 1. The molecule has 0 fully saturated rings. The molecule has 0 atom stereocenters. The maximum atomic E-state index is 5.89. The number of aromatic nitrogens is 3. The number of anilines is 2. The molecule has 19 heavy (non-hydrogen) atoms. The van der Waals surface area contributed by atoms with Crippen molar-refractivity contribution in [1.82, 2.24) is 14.8 Å². The Morgan fingerprint density at radius 1 is 1.47 bits per heavy atom. The maximum absolute atomic E-state index is 5.89. The molecule has 0 aliphatic carbocycles. The molecule has 0 radical (unpaired) electrons. The first-order valence-electron chi connectivity index (χ1n) is 6.30. The van der Waals surface area contributed by atoms with Crippen LogP contribution < -0.4 is 15.8 Å². The van der Waals surface area contributed by atoms with Crippen LogP contribution in [0.15, 0.2) is 24.5 Å². The van der Waals surface area contributed by atoms with Gasteiger partial charge in [-0.05, 0) is 18.6 Å². The third-order valence-corrected chi connectivity index (χ3v) is 2.74. The van der Waals surface area contributed by atoms with E-state index in [1.54, 1.807) is 17.1 Å². The molecular formula is C13H19N5O. The van der Waals surface area contributed by atoms with Gasteiger partial charge in [0.05, 0.1) is 12.8 Å². The van der Waals surface area contributed by atoms with Gasteiger partial charge in [-0.2, -0.15) is 5.10 Å². The van der Waals surface area contributed by atoms with E-state index in [2.05, 4.69) is 22.3 Å². The first-order valence-corrected chi connectivity index (χ1v) is 6.30. The number of nitrogen functional groups attached to an aromatic ring is 1. The van der Waals surface area contributed by atoms with E-state index in [4.69, 9.17) is 10.5 Å². The van der Waals surface area contributed by atoms with Crippen LogP contribution in [0.4, 0.5) is 11.6 Å². The highest BCUT2D eigenvalue weighted by atomic mass is 16.5. The summed E-state index contributed by atoms with van der Waals surface area (Å²) in [5.74, 6) is 2.13. The molecule has 0 aliphatic heterocycles. The molecular weight excluding hydrogens is 242 g/mol. The molecule has 6 heteroatoms. The highest BCUT2D eigenvalue weighted by molar-refractivity contribution is 5.51. The van der Waals surface area contributed by atoms with Crippen LogP contribution in [-0.2, 0) is 13.6 Å². The van der Waals surface area contributed by atoms with E-state index in [1.807, 2.05) is 19.2 Å². The first kappa shape index (κ1) is 13.2. The Morgan fingerprint density at radius 2 is 2.32 bits per heavy atom. The van der Waals surface area contributed by atoms with Crippen molar-refractivity contribution in [3.05, 3.63) is 30.1 Å². The number of nitrogens with zero attached hydrogens (tertiary/aromatic N) is 3. The Kier molecular flexibility index (Phi) is 4.22. The van der Waals surface area contributed by atoms with Crippen LogP contribution in [0.25, 0.3) is 0 Å². The van der Waals surface area contributed by atoms with Gasteiger partial charge in [0.2, 0.25) is 0 Å². The van der Waals surface area contributed by atoms with Crippen molar-refractivity contribution in [2.45, 2.75) is 19.9 Å². The first-order chi connectivity index (χ1) is 9.22. The molecule has 0 unspecified atom stereocenters. The molecule has 102 valence electrons. The minimum atomic E-state index is 0.569. The summed E-state index contributed by atoms with van der Waals surface area (Å²) in [5, 5.41) is 7.32. The molecule has 0 amide bonds. The highest BCUT2D eigenvalue weighted by Gasteiger charge is 2.07. The number of nitrogens with one attached hydrogen (secondary N) is 1. The van der Waals surface area contributed by atoms with Crippen LogP contribution >= 0.6 is 0 Å². The quantitative estimate of drug-likeness (QED) is 0.829. The Bertz CT molecular complexity index is 538. The Balaban J connectivity index is 2.04. The fraction of sp³-hybridized carbons (Fsp3) is 0.385. The lowest BCUT2D eigenvalue weighted by Gasteiger charge is -2.11. The van der Waals surface area contributed by atoms with Crippen molar-refractivity contribution in [1.29, 1.82) is 0 Å². The Labute approximate surface area is 112 Å². The lowest BCUT2D eigenvalue weighted by molar-refractivity contribution is 0.318. The third-order valence-electron chi connectivity index (χ3n) is 2.74. The number of hydrogen-bond donors (Lipinski definition) is 2. The predicted molar refractivity (Wildman–Crippen MR) is 75.0 cm³/mol. The van der Waals surface area contributed by atoms with Crippen molar-refractivity contribution in [3.63, 3.8) is 0 Å². The number of rotatable bonds is 6. The van der Waals surface area contributed by atoms with E-state index in [9.17, 15) is 0 Å². The van der Waals surface area contributed by atoms with Gasteiger partial charge in [-0.3, -0.25) is 4.68 Å². The molecule has 2 aromatic rings. The van der Waals surface area contributed by atoms with Crippen molar-refractivity contribution in [2.24, 2.45) is 7.05 Å². The number of nitrogens with two attached hydrogens (primary N) is 1. The van der Waals surface area contributed by atoms with Gasteiger partial charge in [-0.15, -0.1) is 0 Å². The second kappa shape index (κ2) is 6.08. The molecule has 2 rings (SSSR count). The van der Waals surface area contributed by atoms with Gasteiger partial charge in [-0.25, -0.2) is 4.98 Å². The third kappa shape index (κ3) is 3.15. The van der Waals surface area contributed by atoms with E-state index in [0.717, 1.165) is 23.6 Å². The minimum absolute atomic E-state index is 0.569. The second-order valence-corrected chi connectivity index (χ2v) is 4.23. The molecule has 3 N–H and O–H groups in total. The molecule has 0 saturated carbocycles. The van der Waals surface area contributed by atoms with E-state index in [-0.39, 0.29) is 0 Å². The summed E-state index contributed by atoms with van der Waals surface area (Å²) < 4.78 is 7.28. The summed E-state index contributed by atoms with van der Waals surface area (Å²) in [7, 11) is 1.81. The molecule has 6 nitrogen and oxygen atoms in total. The van der Waals surface area contributed by atoms with Gasteiger partial charge in [0, 0.05) is 25.4 Å². The second-order valence-electron chi connectivity index (χ2n) is 4.23. The largest absolute Gasteiger partial charge is 0.490 e. The lowest BCUT2D eigenvalue weighted by atomic mass is 10.3. The fourth-order valence-corrected chi connectivity index (χ4v) is 1.66. The number of ether oxygens (including phenoxy) is 1. The average molecular weight is 261 g/mol. The van der Waals surface area contributed by atoms with E-state index in [1.165, 1.54) is 0 Å². The lowest BCUT2D eigenvalue weighted by Crippen LogP contribution is -2.07. The standard InChI is InChI=1S/C13H19N5O/c1-3-7-19-11-5-4-6-15-13(11)16-8-10-9-17-18(2)12(10)14/h4-6,9H,3,7-8,14H2,1-2H3,(H,15,16). The highest BCUT2D eigenvalue weighted by Crippen LogP contribution is 2.22. The zero-order valence-corrected chi connectivity index (χ0v) is 11.3. The van der Waals surface area contributed by atoms with Crippen LogP contribution in [-0.4, -0.2) is 21.4 Å². The van der Waals surface area contributed by atoms with Gasteiger partial charge in [0.15, 0.2) is 11.6 Å². The van der Waals surface area contributed by atoms with Crippen LogP contribution in [0.1, 0.15) is 18.9 Å². The summed E-state index contributed by atoms with van der Waals surface area (Å²) in [5.41, 5.74) is 6.83. The van der Waals surface area contributed by atoms with Gasteiger partial charge in [0.25, 0.3) is 0 Å². The minimum Gasteiger partial charge on any atom is -0.490 e. The predicted octanol–water partition coefficient (Wildman–Crippen LogP) is 1.80. The van der Waals surface area contributed by atoms with Gasteiger partial charge in [0.1, 0.15) is 5.82 Å². The molecule has 2 aromatic heterocycles. The zero-order chi connectivity index (χ0) is 13.7. The SMILES string of the molecule is CCCOc1cccnc1NCc1cnn(C)c1N. The molecule has 0 saturated heterocycles. The summed E-state index contributed by atoms with van der Waals surface area (Å²) >= 11 is 0. The van der Waals surface area contributed by atoms with Gasteiger partial charge < -0.3 is 15.8 Å². The van der Waals surface area contributed by atoms with Crippen LogP contribution in [0.2, 0.25) is 0 Å². The van der Waals surface area contributed by atoms with Crippen molar-refractivity contribution in [3.8, 4) is 5.75 Å². The topological polar surface area (TPSA) is 78.0 Å². The summed E-state index contributed by atoms with van der Waals surface area (Å²) in [6, 6.07) is 3.76. The van der Waals surface area contributed by atoms with Crippen molar-refractivity contribution >= 4 is 11.6 Å². The van der Waals surface area contributed by atoms with Crippen LogP contribution in [0.5, 0.6) is 5.75 Å². The maximum Gasteiger partial charge on any atom is 0.169 e. The van der Waals surface area contributed by atoms with Gasteiger partial charge >= 0.3 is 0 Å². The van der Waals surface area contributed by atoms with Crippen molar-refractivity contribution < 1.29 is 4.74 Å². The van der Waals surface area contributed by atoms with E-state index < -0.39 is 0 Å². The summed E-state index contributed by atoms with van der Waals surface area (Å²) in [4.78, 5) is 4.28. The molecule has 0 spiro atoms. The normalized spacial score (nSPS) is 10.4. The smallest absolute Gasteiger partial charge is 0.169 e. The van der Waals surface area contributed by atoms with Crippen molar-refractivity contribution in [2.75, 3.05) is 17.7 Å². The molecule has 0 bridgehead atoms. The Morgan fingerprint density at radius 3 is 3.00 bits per heavy atom. The summed E-state index contributed by atoms with van der Waals surface area (Å²) in [6.45, 7) is 3.31. The van der Waals surface area contributed by atoms with E-state index >= 15 is 0 Å². The van der Waals surface area contributed by atoms with Crippen LogP contribution in [0, 0.1) is 0 Å². The number of aryl methyl sites for hydroxylation is 1. The molecule has 0 aromatic carbocycles. The van der Waals surface area contributed by atoms with Gasteiger partial charge in [-0.1, -0.05) is 6.92 Å². The number of hydrogen-bond acceptors (Lipinski definition) is 5. The average Bonchev–Trinajstić information content (AvgIpc) is 2.75. The monoisotopic (exact) mass is 261 g/mol. The van der Waals surface area contributed by atoms with Crippen LogP contribution in [0.3, 0.4) is 0 Å². The molecule has 0 aliphatic rings. The molecule has 2 heterocycles. The zero-order valence-electron chi connectivity index (χ0n) is 11.3. The fourth-order valence-electron chi connectivity index (χ4n) is 1.66. The summed E-state index contributed by atoms with van der Waals surface area (Å²) in [6.07, 6.45) is 4.44. The Hall–Kier alpha value is -2.24.